The van der Waals surface area contributed by atoms with E-state index in [0.29, 0.717) is 11.3 Å². The van der Waals surface area contributed by atoms with Crippen molar-refractivity contribution in [1.82, 2.24) is 10.2 Å². The Bertz CT molecular complexity index is 477. The van der Waals surface area contributed by atoms with E-state index in [0.717, 1.165) is 24.2 Å². The van der Waals surface area contributed by atoms with E-state index in [9.17, 15) is 8.78 Å². The number of benzene rings is 1. The van der Waals surface area contributed by atoms with Gasteiger partial charge in [0.1, 0.15) is 0 Å². The molecule has 0 bridgehead atoms. The first-order valence-corrected chi connectivity index (χ1v) is 4.70. The van der Waals surface area contributed by atoms with Gasteiger partial charge in [-0.05, 0) is 30.7 Å². The van der Waals surface area contributed by atoms with E-state index < -0.39 is 11.6 Å². The first kappa shape index (κ1) is 9.83. The first-order chi connectivity index (χ1) is 7.20. The summed E-state index contributed by atoms with van der Waals surface area (Å²) in [5, 5.41) is 6.84. The van der Waals surface area contributed by atoms with Crippen molar-refractivity contribution in [2.75, 3.05) is 0 Å². The van der Waals surface area contributed by atoms with Crippen molar-refractivity contribution in [2.24, 2.45) is 0 Å². The molecule has 15 heavy (non-hydrogen) atoms. The lowest BCUT2D eigenvalue weighted by atomic mass is 10.1. The Morgan fingerprint density at radius 2 is 2.00 bits per heavy atom. The number of hydrogen-bond donors (Lipinski definition) is 1. The molecule has 2 nitrogen and oxygen atoms in total. The number of hydrogen-bond acceptors (Lipinski definition) is 1. The predicted octanol–water partition coefficient (Wildman–Crippen LogP) is 2.92. The van der Waals surface area contributed by atoms with Crippen LogP contribution in [0.2, 0.25) is 0 Å². The van der Waals surface area contributed by atoms with Crippen molar-refractivity contribution in [1.29, 1.82) is 0 Å². The lowest BCUT2D eigenvalue weighted by Crippen LogP contribution is -1.85. The monoisotopic (exact) mass is 208 g/mol. The summed E-state index contributed by atoms with van der Waals surface area (Å²) < 4.78 is 25.6. The van der Waals surface area contributed by atoms with Crippen LogP contribution < -0.4 is 0 Å². The maximum atomic E-state index is 12.9. The zero-order valence-electron chi connectivity index (χ0n) is 8.22. The van der Waals surface area contributed by atoms with Crippen molar-refractivity contribution in [3.8, 4) is 11.3 Å². The van der Waals surface area contributed by atoms with Crippen LogP contribution in [-0.4, -0.2) is 10.2 Å². The topological polar surface area (TPSA) is 28.7 Å². The van der Waals surface area contributed by atoms with Gasteiger partial charge in [-0.2, -0.15) is 5.10 Å². The molecule has 0 aliphatic heterocycles. The van der Waals surface area contributed by atoms with Gasteiger partial charge in [0.15, 0.2) is 11.6 Å². The largest absolute Gasteiger partial charge is 0.282 e. The molecule has 78 valence electrons. The summed E-state index contributed by atoms with van der Waals surface area (Å²) in [5.41, 5.74) is 2.17. The maximum Gasteiger partial charge on any atom is 0.159 e. The molecule has 0 saturated heterocycles. The Labute approximate surface area is 85.9 Å². The van der Waals surface area contributed by atoms with Gasteiger partial charge in [-0.1, -0.05) is 6.92 Å². The van der Waals surface area contributed by atoms with E-state index in [1.54, 1.807) is 0 Å². The van der Waals surface area contributed by atoms with Gasteiger partial charge >= 0.3 is 0 Å². The number of halogens is 2. The van der Waals surface area contributed by atoms with Crippen LogP contribution in [0.1, 0.15) is 12.6 Å². The van der Waals surface area contributed by atoms with Crippen LogP contribution in [0, 0.1) is 11.6 Å². The molecule has 1 N–H and O–H groups in total. The predicted molar refractivity (Wildman–Crippen MR) is 53.3 cm³/mol. The van der Waals surface area contributed by atoms with E-state index in [4.69, 9.17) is 0 Å². The minimum absolute atomic E-state index is 0.574. The highest BCUT2D eigenvalue weighted by atomic mass is 19.2. The van der Waals surface area contributed by atoms with Gasteiger partial charge in [-0.25, -0.2) is 8.78 Å². The zero-order chi connectivity index (χ0) is 10.8. The van der Waals surface area contributed by atoms with Crippen LogP contribution in [0.5, 0.6) is 0 Å². The number of nitrogens with zero attached hydrogens (tertiary/aromatic N) is 1. The summed E-state index contributed by atoms with van der Waals surface area (Å²) in [6.45, 7) is 1.99. The molecule has 1 aromatic heterocycles. The molecule has 0 saturated carbocycles. The highest BCUT2D eigenvalue weighted by molar-refractivity contribution is 5.59. The second-order valence-electron chi connectivity index (χ2n) is 3.26. The molecule has 2 rings (SSSR count). The summed E-state index contributed by atoms with van der Waals surface area (Å²) in [4.78, 5) is 0. The molecule has 1 aromatic carbocycles. The lowest BCUT2D eigenvalue weighted by molar-refractivity contribution is 0.509. The van der Waals surface area contributed by atoms with Gasteiger partial charge in [0.25, 0.3) is 0 Å². The maximum absolute atomic E-state index is 12.9. The Balaban J connectivity index is 2.40. The molecule has 1 heterocycles. The summed E-state index contributed by atoms with van der Waals surface area (Å²) in [5.74, 6) is -1.70. The van der Waals surface area contributed by atoms with Gasteiger partial charge in [0.05, 0.1) is 5.69 Å². The van der Waals surface area contributed by atoms with E-state index in [1.165, 1.54) is 6.07 Å². The fraction of sp³-hybridized carbons (Fsp3) is 0.182. The van der Waals surface area contributed by atoms with Crippen LogP contribution in [-0.2, 0) is 6.42 Å². The van der Waals surface area contributed by atoms with Crippen molar-refractivity contribution < 1.29 is 8.78 Å². The minimum Gasteiger partial charge on any atom is -0.282 e. The normalized spacial score (nSPS) is 10.6. The SMILES string of the molecule is CCc1cc(-c2ccc(F)c(F)c2)n[nH]1. The molecular weight excluding hydrogens is 198 g/mol. The highest BCUT2D eigenvalue weighted by Crippen LogP contribution is 2.20. The van der Waals surface area contributed by atoms with Crippen LogP contribution in [0.15, 0.2) is 24.3 Å². The number of nitrogens with one attached hydrogen (secondary N) is 1. The van der Waals surface area contributed by atoms with Crippen LogP contribution >= 0.6 is 0 Å². The van der Waals surface area contributed by atoms with Crippen LogP contribution in [0.25, 0.3) is 11.3 Å². The number of aromatic nitrogens is 2. The molecule has 0 atom stereocenters. The van der Waals surface area contributed by atoms with E-state index in [1.807, 2.05) is 13.0 Å². The van der Waals surface area contributed by atoms with E-state index in [2.05, 4.69) is 10.2 Å². The Morgan fingerprint density at radius 1 is 1.20 bits per heavy atom. The molecule has 0 amide bonds. The molecule has 0 radical (unpaired) electrons. The van der Waals surface area contributed by atoms with E-state index >= 15 is 0 Å². The third-order valence-electron chi connectivity index (χ3n) is 2.23. The molecule has 4 heteroatoms. The zero-order valence-corrected chi connectivity index (χ0v) is 8.22. The third-order valence-corrected chi connectivity index (χ3v) is 2.23. The van der Waals surface area contributed by atoms with Gasteiger partial charge in [-0.3, -0.25) is 5.10 Å². The third kappa shape index (κ3) is 1.88. The molecule has 2 aromatic rings. The summed E-state index contributed by atoms with van der Waals surface area (Å²) >= 11 is 0. The number of aryl methyl sites for hydroxylation is 1. The molecule has 0 unspecified atom stereocenters. The second-order valence-corrected chi connectivity index (χ2v) is 3.26. The van der Waals surface area contributed by atoms with Crippen molar-refractivity contribution in [3.05, 3.63) is 41.6 Å². The first-order valence-electron chi connectivity index (χ1n) is 4.70. The Morgan fingerprint density at radius 3 is 2.60 bits per heavy atom. The molecule has 0 fully saturated rings. The van der Waals surface area contributed by atoms with Gasteiger partial charge in [0, 0.05) is 11.3 Å². The Hall–Kier alpha value is -1.71. The van der Waals surface area contributed by atoms with Crippen molar-refractivity contribution in [3.63, 3.8) is 0 Å². The van der Waals surface area contributed by atoms with Gasteiger partial charge < -0.3 is 0 Å². The summed E-state index contributed by atoms with van der Waals surface area (Å²) in [6.07, 6.45) is 0.830. The second kappa shape index (κ2) is 3.81. The fourth-order valence-corrected chi connectivity index (χ4v) is 1.35. The average molecular weight is 208 g/mol. The number of rotatable bonds is 2. The fourth-order valence-electron chi connectivity index (χ4n) is 1.35. The van der Waals surface area contributed by atoms with Crippen molar-refractivity contribution >= 4 is 0 Å². The minimum atomic E-state index is -0.853. The van der Waals surface area contributed by atoms with Gasteiger partial charge in [-0.15, -0.1) is 0 Å². The quantitative estimate of drug-likeness (QED) is 0.807. The Kier molecular flexibility index (Phi) is 2.49. The number of aromatic amines is 1. The lowest BCUT2D eigenvalue weighted by Gasteiger charge is -1.96. The number of H-pyrrole nitrogens is 1. The standard InChI is InChI=1S/C11H10F2N2/c1-2-8-6-11(15-14-8)7-3-4-9(12)10(13)5-7/h3-6H,2H2,1H3,(H,14,15). The van der Waals surface area contributed by atoms with Crippen molar-refractivity contribution in [2.45, 2.75) is 13.3 Å². The molecule has 0 aliphatic carbocycles. The molecule has 0 spiro atoms. The molecule has 0 aliphatic rings. The van der Waals surface area contributed by atoms with E-state index in [-0.39, 0.29) is 0 Å². The smallest absolute Gasteiger partial charge is 0.159 e. The van der Waals surface area contributed by atoms with Crippen LogP contribution in [0.4, 0.5) is 8.78 Å². The average Bonchev–Trinajstić information content (AvgIpc) is 2.70. The van der Waals surface area contributed by atoms with Crippen LogP contribution in [0.3, 0.4) is 0 Å². The highest BCUT2D eigenvalue weighted by Gasteiger charge is 2.06. The van der Waals surface area contributed by atoms with Gasteiger partial charge in [0.2, 0.25) is 0 Å². The molecular formula is C11H10F2N2. The summed E-state index contributed by atoms with van der Waals surface area (Å²) in [7, 11) is 0. The summed E-state index contributed by atoms with van der Waals surface area (Å²) in [6, 6.07) is 5.58.